The minimum Gasteiger partial charge on any atom is -0.457 e. The Morgan fingerprint density at radius 1 is 1.22 bits per heavy atom. The second-order valence-electron chi connectivity index (χ2n) is 3.90. The molecule has 0 aromatic heterocycles. The van der Waals surface area contributed by atoms with Gasteiger partial charge in [-0.1, -0.05) is 27.5 Å². The van der Waals surface area contributed by atoms with Gasteiger partial charge >= 0.3 is 0 Å². The SMILES string of the molecule is Cc1cc(Oc2ccc(F)cc2CBr)ccc1Cl. The molecule has 2 aromatic rings. The Hall–Kier alpha value is -1.06. The van der Waals surface area contributed by atoms with Crippen molar-refractivity contribution in [3.63, 3.8) is 0 Å². The van der Waals surface area contributed by atoms with Gasteiger partial charge < -0.3 is 4.74 Å². The molecule has 4 heteroatoms. The molecule has 0 aliphatic rings. The van der Waals surface area contributed by atoms with Crippen LogP contribution in [0.15, 0.2) is 36.4 Å². The van der Waals surface area contributed by atoms with Crippen LogP contribution in [0.4, 0.5) is 4.39 Å². The van der Waals surface area contributed by atoms with Crippen LogP contribution >= 0.6 is 27.5 Å². The lowest BCUT2D eigenvalue weighted by molar-refractivity contribution is 0.476. The molecule has 0 saturated heterocycles. The van der Waals surface area contributed by atoms with Crippen LogP contribution < -0.4 is 4.74 Å². The van der Waals surface area contributed by atoms with Crippen molar-refractivity contribution >= 4 is 27.5 Å². The summed E-state index contributed by atoms with van der Waals surface area (Å²) in [5.41, 5.74) is 1.71. The zero-order valence-corrected chi connectivity index (χ0v) is 12.1. The van der Waals surface area contributed by atoms with E-state index in [1.54, 1.807) is 18.2 Å². The molecule has 0 bridgehead atoms. The van der Waals surface area contributed by atoms with Gasteiger partial charge in [-0.3, -0.25) is 0 Å². The Balaban J connectivity index is 2.30. The zero-order chi connectivity index (χ0) is 13.1. The molecule has 1 nitrogen and oxygen atoms in total. The van der Waals surface area contributed by atoms with Gasteiger partial charge in [0.2, 0.25) is 0 Å². The Kier molecular flexibility index (Phi) is 4.25. The third-order valence-electron chi connectivity index (χ3n) is 2.52. The monoisotopic (exact) mass is 328 g/mol. The van der Waals surface area contributed by atoms with Gasteiger partial charge in [0, 0.05) is 15.9 Å². The maximum Gasteiger partial charge on any atom is 0.131 e. The summed E-state index contributed by atoms with van der Waals surface area (Å²) in [7, 11) is 0. The van der Waals surface area contributed by atoms with E-state index in [0.29, 0.717) is 21.9 Å². The van der Waals surface area contributed by atoms with Crippen molar-refractivity contribution in [1.29, 1.82) is 0 Å². The van der Waals surface area contributed by atoms with Crippen molar-refractivity contribution in [2.24, 2.45) is 0 Å². The molecule has 0 aliphatic carbocycles. The molecule has 0 fully saturated rings. The smallest absolute Gasteiger partial charge is 0.131 e. The lowest BCUT2D eigenvalue weighted by Crippen LogP contribution is -1.91. The van der Waals surface area contributed by atoms with Crippen molar-refractivity contribution in [3.05, 3.63) is 58.4 Å². The highest BCUT2D eigenvalue weighted by Gasteiger charge is 2.06. The van der Waals surface area contributed by atoms with Crippen LogP contribution in [0.3, 0.4) is 0 Å². The molecule has 0 saturated carbocycles. The molecule has 94 valence electrons. The van der Waals surface area contributed by atoms with Gasteiger partial charge in [0.1, 0.15) is 17.3 Å². The molecule has 0 N–H and O–H groups in total. The number of benzene rings is 2. The maximum atomic E-state index is 13.1. The lowest BCUT2D eigenvalue weighted by atomic mass is 10.2. The normalized spacial score (nSPS) is 10.4. The fourth-order valence-electron chi connectivity index (χ4n) is 1.56. The van der Waals surface area contributed by atoms with E-state index >= 15 is 0 Å². The first-order valence-corrected chi connectivity index (χ1v) is 6.88. The number of ether oxygens (including phenoxy) is 1. The summed E-state index contributed by atoms with van der Waals surface area (Å²) in [5, 5.41) is 1.23. The summed E-state index contributed by atoms with van der Waals surface area (Å²) in [6.45, 7) is 1.91. The first-order valence-electron chi connectivity index (χ1n) is 5.38. The number of hydrogen-bond acceptors (Lipinski definition) is 1. The third-order valence-corrected chi connectivity index (χ3v) is 3.55. The molecule has 0 spiro atoms. The van der Waals surface area contributed by atoms with Gasteiger partial charge in [-0.25, -0.2) is 4.39 Å². The lowest BCUT2D eigenvalue weighted by Gasteiger charge is -2.10. The van der Waals surface area contributed by atoms with Crippen molar-refractivity contribution < 1.29 is 9.13 Å². The van der Waals surface area contributed by atoms with Crippen LogP contribution in [0.5, 0.6) is 11.5 Å². The number of hydrogen-bond donors (Lipinski definition) is 0. The molecule has 0 unspecified atom stereocenters. The van der Waals surface area contributed by atoms with Gasteiger partial charge in [0.05, 0.1) is 0 Å². The summed E-state index contributed by atoms with van der Waals surface area (Å²) < 4.78 is 18.8. The van der Waals surface area contributed by atoms with E-state index in [-0.39, 0.29) is 5.82 Å². The van der Waals surface area contributed by atoms with E-state index in [1.165, 1.54) is 12.1 Å². The highest BCUT2D eigenvalue weighted by atomic mass is 79.9. The molecule has 2 aromatic carbocycles. The molecule has 2 rings (SSSR count). The Morgan fingerprint density at radius 3 is 2.67 bits per heavy atom. The Morgan fingerprint density at radius 2 is 2.00 bits per heavy atom. The molecule has 0 aliphatic heterocycles. The van der Waals surface area contributed by atoms with Crippen molar-refractivity contribution in [1.82, 2.24) is 0 Å². The van der Waals surface area contributed by atoms with Gasteiger partial charge in [-0.2, -0.15) is 0 Å². The zero-order valence-electron chi connectivity index (χ0n) is 9.71. The van der Waals surface area contributed by atoms with Gasteiger partial charge in [-0.15, -0.1) is 0 Å². The van der Waals surface area contributed by atoms with Gasteiger partial charge in [-0.05, 0) is 48.9 Å². The summed E-state index contributed by atoms with van der Waals surface area (Å²) in [5.74, 6) is 1.05. The largest absolute Gasteiger partial charge is 0.457 e. The number of rotatable bonds is 3. The average Bonchev–Trinajstić information content (AvgIpc) is 2.36. The van der Waals surface area contributed by atoms with Crippen LogP contribution in [-0.4, -0.2) is 0 Å². The molecular formula is C14H11BrClFO. The standard InChI is InChI=1S/C14H11BrClFO/c1-9-6-12(3-4-13(9)16)18-14-5-2-11(17)7-10(14)8-15/h2-7H,8H2,1H3. The number of halogens is 3. The van der Waals surface area contributed by atoms with E-state index in [2.05, 4.69) is 15.9 Å². The summed E-state index contributed by atoms with van der Waals surface area (Å²) >= 11 is 9.26. The van der Waals surface area contributed by atoms with Gasteiger partial charge in [0.25, 0.3) is 0 Å². The van der Waals surface area contributed by atoms with Crippen molar-refractivity contribution in [2.75, 3.05) is 0 Å². The van der Waals surface area contributed by atoms with Crippen LogP contribution in [0, 0.1) is 12.7 Å². The highest BCUT2D eigenvalue weighted by Crippen LogP contribution is 2.29. The first kappa shape index (κ1) is 13.4. The van der Waals surface area contributed by atoms with E-state index in [4.69, 9.17) is 16.3 Å². The Bertz CT molecular complexity index is 572. The van der Waals surface area contributed by atoms with E-state index in [1.807, 2.05) is 13.0 Å². The van der Waals surface area contributed by atoms with Crippen LogP contribution in [-0.2, 0) is 5.33 Å². The summed E-state index contributed by atoms with van der Waals surface area (Å²) in [4.78, 5) is 0. The second kappa shape index (κ2) is 5.72. The van der Waals surface area contributed by atoms with Crippen molar-refractivity contribution in [3.8, 4) is 11.5 Å². The predicted octanol–water partition coefficient (Wildman–Crippen LogP) is 5.47. The van der Waals surface area contributed by atoms with E-state index in [9.17, 15) is 4.39 Å². The summed E-state index contributed by atoms with van der Waals surface area (Å²) in [6, 6.07) is 9.87. The molecule has 0 radical (unpaired) electrons. The van der Waals surface area contributed by atoms with Crippen LogP contribution in [0.1, 0.15) is 11.1 Å². The molecule has 18 heavy (non-hydrogen) atoms. The minimum atomic E-state index is -0.274. The average molecular weight is 330 g/mol. The molecule has 0 amide bonds. The van der Waals surface area contributed by atoms with Crippen LogP contribution in [0.2, 0.25) is 5.02 Å². The Labute approximate surface area is 119 Å². The predicted molar refractivity (Wildman–Crippen MR) is 75.3 cm³/mol. The van der Waals surface area contributed by atoms with Gasteiger partial charge in [0.15, 0.2) is 0 Å². The maximum absolute atomic E-state index is 13.1. The van der Waals surface area contributed by atoms with E-state index < -0.39 is 0 Å². The molecule has 0 heterocycles. The molecular weight excluding hydrogens is 319 g/mol. The van der Waals surface area contributed by atoms with Crippen LogP contribution in [0.25, 0.3) is 0 Å². The topological polar surface area (TPSA) is 9.23 Å². The highest BCUT2D eigenvalue weighted by molar-refractivity contribution is 9.08. The fourth-order valence-corrected chi connectivity index (χ4v) is 2.12. The van der Waals surface area contributed by atoms with E-state index in [0.717, 1.165) is 11.1 Å². The minimum absolute atomic E-state index is 0.274. The molecule has 0 atom stereocenters. The number of alkyl halides is 1. The number of aryl methyl sites for hydroxylation is 1. The third kappa shape index (κ3) is 3.03. The fraction of sp³-hybridized carbons (Fsp3) is 0.143. The quantitative estimate of drug-likeness (QED) is 0.678. The van der Waals surface area contributed by atoms with Crippen molar-refractivity contribution in [2.45, 2.75) is 12.3 Å². The second-order valence-corrected chi connectivity index (χ2v) is 4.87. The first-order chi connectivity index (χ1) is 8.60. The summed E-state index contributed by atoms with van der Waals surface area (Å²) in [6.07, 6.45) is 0.